The molecule has 26 heavy (non-hydrogen) atoms. The molecule has 0 spiro atoms. The van der Waals surface area contributed by atoms with Crippen molar-refractivity contribution in [2.75, 3.05) is 6.61 Å². The summed E-state index contributed by atoms with van der Waals surface area (Å²) in [5, 5.41) is 10.6. The standard InChI is InChI=1S/C20H21NO5/c1-12(11-26-17-8-6-16(7-9-17)21(24)25)5-10-18-15(4)19(22)13(2)14(3)20(18)23/h5-9H,10-11H2,1-4H3. The van der Waals surface area contributed by atoms with Gasteiger partial charge in [-0.1, -0.05) is 6.08 Å². The van der Waals surface area contributed by atoms with Gasteiger partial charge in [0.15, 0.2) is 11.6 Å². The minimum Gasteiger partial charge on any atom is -0.489 e. The molecule has 0 fully saturated rings. The molecule has 0 radical (unpaired) electrons. The van der Waals surface area contributed by atoms with Crippen molar-refractivity contribution in [1.82, 2.24) is 0 Å². The molecule has 136 valence electrons. The number of carbonyl (C=O) groups excluding carboxylic acids is 2. The number of nitrogens with zero attached hydrogens (tertiary/aromatic N) is 1. The molecule has 6 nitrogen and oxygen atoms in total. The maximum atomic E-state index is 12.4. The second kappa shape index (κ2) is 7.91. The van der Waals surface area contributed by atoms with Crippen molar-refractivity contribution in [2.24, 2.45) is 0 Å². The summed E-state index contributed by atoms with van der Waals surface area (Å²) in [6, 6.07) is 5.84. The van der Waals surface area contributed by atoms with Crippen LogP contribution in [0.1, 0.15) is 34.1 Å². The van der Waals surface area contributed by atoms with Crippen molar-refractivity contribution in [3.63, 3.8) is 0 Å². The molecule has 1 aromatic rings. The molecule has 0 heterocycles. The number of benzene rings is 1. The molecule has 2 rings (SSSR count). The van der Waals surface area contributed by atoms with Gasteiger partial charge in [0, 0.05) is 34.4 Å². The Morgan fingerprint density at radius 2 is 1.62 bits per heavy atom. The zero-order chi connectivity index (χ0) is 19.4. The van der Waals surface area contributed by atoms with E-state index in [1.54, 1.807) is 32.9 Å². The highest BCUT2D eigenvalue weighted by atomic mass is 16.6. The number of rotatable bonds is 6. The van der Waals surface area contributed by atoms with E-state index in [-0.39, 0.29) is 17.3 Å². The van der Waals surface area contributed by atoms with Gasteiger partial charge in [0.25, 0.3) is 5.69 Å². The molecule has 0 bridgehead atoms. The SMILES string of the molecule is CC(=CCC1=C(C)C(=O)C(C)=C(C)C1=O)COc1ccc([N+](=O)[O-])cc1. The monoisotopic (exact) mass is 355 g/mol. The van der Waals surface area contributed by atoms with Gasteiger partial charge in [-0.15, -0.1) is 0 Å². The Morgan fingerprint density at radius 1 is 1.04 bits per heavy atom. The van der Waals surface area contributed by atoms with E-state index in [9.17, 15) is 19.7 Å². The highest BCUT2D eigenvalue weighted by molar-refractivity contribution is 6.24. The third kappa shape index (κ3) is 4.14. The summed E-state index contributed by atoms with van der Waals surface area (Å²) in [7, 11) is 0. The number of carbonyl (C=O) groups is 2. The lowest BCUT2D eigenvalue weighted by molar-refractivity contribution is -0.384. The highest BCUT2D eigenvalue weighted by Crippen LogP contribution is 2.26. The molecule has 0 saturated carbocycles. The maximum absolute atomic E-state index is 12.4. The van der Waals surface area contributed by atoms with E-state index in [1.807, 2.05) is 13.0 Å². The Morgan fingerprint density at radius 3 is 2.19 bits per heavy atom. The van der Waals surface area contributed by atoms with Gasteiger partial charge in [0.1, 0.15) is 12.4 Å². The summed E-state index contributed by atoms with van der Waals surface area (Å²) >= 11 is 0. The molecule has 1 aliphatic rings. The third-order valence-electron chi connectivity index (χ3n) is 4.48. The van der Waals surface area contributed by atoms with Gasteiger partial charge in [-0.3, -0.25) is 19.7 Å². The lowest BCUT2D eigenvalue weighted by atomic mass is 9.84. The Balaban J connectivity index is 2.01. The quantitative estimate of drug-likeness (QED) is 0.332. The number of nitro benzene ring substituents is 1. The molecule has 1 aliphatic carbocycles. The minimum absolute atomic E-state index is 0.00576. The Bertz CT molecular complexity index is 857. The fraction of sp³-hybridized carbons (Fsp3) is 0.300. The first-order chi connectivity index (χ1) is 12.2. The number of allylic oxidation sites excluding steroid dienone is 5. The van der Waals surface area contributed by atoms with Crippen LogP contribution in [0.4, 0.5) is 5.69 Å². The number of ketones is 2. The second-order valence-electron chi connectivity index (χ2n) is 6.31. The maximum Gasteiger partial charge on any atom is 0.269 e. The topological polar surface area (TPSA) is 86.5 Å². The molecular formula is C20H21NO5. The minimum atomic E-state index is -0.467. The van der Waals surface area contributed by atoms with Gasteiger partial charge in [0.05, 0.1) is 4.92 Å². The smallest absolute Gasteiger partial charge is 0.269 e. The van der Waals surface area contributed by atoms with Gasteiger partial charge in [0.2, 0.25) is 0 Å². The zero-order valence-electron chi connectivity index (χ0n) is 15.3. The van der Waals surface area contributed by atoms with Crippen LogP contribution in [-0.2, 0) is 9.59 Å². The van der Waals surface area contributed by atoms with Crippen molar-refractivity contribution >= 4 is 17.3 Å². The predicted molar refractivity (Wildman–Crippen MR) is 98.1 cm³/mol. The Kier molecular flexibility index (Phi) is 5.87. The fourth-order valence-electron chi connectivity index (χ4n) is 2.60. The molecule has 1 aromatic carbocycles. The molecule has 0 saturated heterocycles. The van der Waals surface area contributed by atoms with Crippen molar-refractivity contribution in [3.8, 4) is 5.75 Å². The summed E-state index contributed by atoms with van der Waals surface area (Å²) in [4.78, 5) is 34.7. The van der Waals surface area contributed by atoms with Crippen molar-refractivity contribution < 1.29 is 19.2 Å². The second-order valence-corrected chi connectivity index (χ2v) is 6.31. The summed E-state index contributed by atoms with van der Waals surface area (Å²) < 4.78 is 5.59. The van der Waals surface area contributed by atoms with Crippen LogP contribution in [-0.4, -0.2) is 23.1 Å². The molecule has 6 heteroatoms. The van der Waals surface area contributed by atoms with E-state index >= 15 is 0 Å². The number of non-ortho nitro benzene ring substituents is 1. The van der Waals surface area contributed by atoms with Crippen LogP contribution in [0.25, 0.3) is 0 Å². The number of ether oxygens (including phenoxy) is 1. The number of Topliss-reactive ketones (excluding diaryl/α,β-unsaturated/α-hetero) is 2. The Labute approximate surface area is 152 Å². The van der Waals surface area contributed by atoms with Gasteiger partial charge in [-0.05, 0) is 51.8 Å². The van der Waals surface area contributed by atoms with Crippen LogP contribution in [0.3, 0.4) is 0 Å². The normalized spacial score (nSPS) is 15.6. The van der Waals surface area contributed by atoms with Gasteiger partial charge in [-0.25, -0.2) is 0 Å². The molecule has 0 amide bonds. The predicted octanol–water partition coefficient (Wildman–Crippen LogP) is 4.11. The fourth-order valence-corrected chi connectivity index (χ4v) is 2.60. The van der Waals surface area contributed by atoms with E-state index in [1.165, 1.54) is 12.1 Å². The van der Waals surface area contributed by atoms with Crippen LogP contribution in [0.2, 0.25) is 0 Å². The van der Waals surface area contributed by atoms with Crippen molar-refractivity contribution in [3.05, 3.63) is 68.3 Å². The average molecular weight is 355 g/mol. The van der Waals surface area contributed by atoms with E-state index < -0.39 is 4.92 Å². The van der Waals surface area contributed by atoms with Crippen LogP contribution in [0.5, 0.6) is 5.75 Å². The van der Waals surface area contributed by atoms with Crippen molar-refractivity contribution in [2.45, 2.75) is 34.1 Å². The molecule has 0 aromatic heterocycles. The highest BCUT2D eigenvalue weighted by Gasteiger charge is 2.26. The molecule has 0 N–H and O–H groups in total. The molecule has 0 atom stereocenters. The number of hydrogen-bond donors (Lipinski definition) is 0. The lowest BCUT2D eigenvalue weighted by Gasteiger charge is -2.17. The average Bonchev–Trinajstić information content (AvgIpc) is 2.63. The van der Waals surface area contributed by atoms with E-state index in [0.29, 0.717) is 41.1 Å². The van der Waals surface area contributed by atoms with Gasteiger partial charge in [-0.2, -0.15) is 0 Å². The number of hydrogen-bond acceptors (Lipinski definition) is 5. The molecule has 0 unspecified atom stereocenters. The number of nitro groups is 1. The van der Waals surface area contributed by atoms with Crippen LogP contribution < -0.4 is 4.74 Å². The summed E-state index contributed by atoms with van der Waals surface area (Å²) in [6.45, 7) is 7.19. The lowest BCUT2D eigenvalue weighted by Crippen LogP contribution is -2.20. The van der Waals surface area contributed by atoms with E-state index in [2.05, 4.69) is 0 Å². The first-order valence-corrected chi connectivity index (χ1v) is 8.22. The van der Waals surface area contributed by atoms with Crippen LogP contribution >= 0.6 is 0 Å². The first-order valence-electron chi connectivity index (χ1n) is 8.22. The largest absolute Gasteiger partial charge is 0.489 e. The van der Waals surface area contributed by atoms with Crippen LogP contribution in [0.15, 0.2) is 58.2 Å². The Hall–Kier alpha value is -3.02. The van der Waals surface area contributed by atoms with E-state index in [4.69, 9.17) is 4.74 Å². The molecular weight excluding hydrogens is 334 g/mol. The summed E-state index contributed by atoms with van der Waals surface area (Å²) in [6.07, 6.45) is 2.24. The van der Waals surface area contributed by atoms with Crippen LogP contribution in [0, 0.1) is 10.1 Å². The summed E-state index contributed by atoms with van der Waals surface area (Å²) in [5.41, 5.74) is 2.94. The van der Waals surface area contributed by atoms with Gasteiger partial charge >= 0.3 is 0 Å². The summed E-state index contributed by atoms with van der Waals surface area (Å²) in [5.74, 6) is 0.363. The van der Waals surface area contributed by atoms with Gasteiger partial charge < -0.3 is 4.74 Å². The van der Waals surface area contributed by atoms with Crippen molar-refractivity contribution in [1.29, 1.82) is 0 Å². The third-order valence-corrected chi connectivity index (χ3v) is 4.48. The van der Waals surface area contributed by atoms with E-state index in [0.717, 1.165) is 5.57 Å². The molecule has 0 aliphatic heterocycles. The zero-order valence-corrected chi connectivity index (χ0v) is 15.3. The first kappa shape index (κ1) is 19.3.